The van der Waals surface area contributed by atoms with Crippen molar-refractivity contribution in [2.45, 2.75) is 26.3 Å². The summed E-state index contributed by atoms with van der Waals surface area (Å²) in [7, 11) is 1.94. The molecule has 0 saturated heterocycles. The molecule has 2 aromatic heterocycles. The van der Waals surface area contributed by atoms with Crippen LogP contribution in [0, 0.1) is 6.92 Å². The molecule has 0 aromatic carbocycles. The summed E-state index contributed by atoms with van der Waals surface area (Å²) >= 11 is 0. The van der Waals surface area contributed by atoms with E-state index in [4.69, 9.17) is 5.73 Å². The molecule has 0 atom stereocenters. The van der Waals surface area contributed by atoms with Crippen LogP contribution in [0.2, 0.25) is 0 Å². The molecule has 0 spiro atoms. The first-order valence-corrected chi connectivity index (χ1v) is 5.42. The van der Waals surface area contributed by atoms with Gasteiger partial charge in [0.25, 0.3) is 0 Å². The molecule has 86 valence electrons. The summed E-state index contributed by atoms with van der Waals surface area (Å²) in [6.07, 6.45) is 7.58. The standard InChI is InChI=1S/C11H17N5/c1-9-11(12)10(15(2)14-9)4-3-6-16-7-5-13-8-16/h5,7-8H,3-4,6,12H2,1-2H3. The van der Waals surface area contributed by atoms with Gasteiger partial charge in [-0.2, -0.15) is 5.10 Å². The molecule has 5 heteroatoms. The van der Waals surface area contributed by atoms with Gasteiger partial charge in [0.15, 0.2) is 0 Å². The Labute approximate surface area is 94.9 Å². The molecule has 0 bridgehead atoms. The van der Waals surface area contributed by atoms with Crippen LogP contribution in [0.4, 0.5) is 5.69 Å². The fraction of sp³-hybridized carbons (Fsp3) is 0.455. The molecule has 0 saturated carbocycles. The average Bonchev–Trinajstić information content (AvgIpc) is 2.82. The van der Waals surface area contributed by atoms with Gasteiger partial charge >= 0.3 is 0 Å². The van der Waals surface area contributed by atoms with E-state index in [0.29, 0.717) is 0 Å². The Balaban J connectivity index is 1.95. The van der Waals surface area contributed by atoms with Crippen LogP contribution in [0.1, 0.15) is 17.8 Å². The third-order valence-corrected chi connectivity index (χ3v) is 2.78. The highest BCUT2D eigenvalue weighted by Gasteiger charge is 2.08. The molecule has 16 heavy (non-hydrogen) atoms. The minimum absolute atomic E-state index is 0.827. The van der Waals surface area contributed by atoms with Gasteiger partial charge in [-0.1, -0.05) is 0 Å². The van der Waals surface area contributed by atoms with Crippen molar-refractivity contribution in [3.8, 4) is 0 Å². The summed E-state index contributed by atoms with van der Waals surface area (Å²) in [4.78, 5) is 4.01. The Hall–Kier alpha value is -1.78. The molecule has 0 aliphatic heterocycles. The second-order valence-electron chi connectivity index (χ2n) is 3.97. The summed E-state index contributed by atoms with van der Waals surface area (Å²) in [5.41, 5.74) is 8.83. The Morgan fingerprint density at radius 2 is 2.25 bits per heavy atom. The summed E-state index contributed by atoms with van der Waals surface area (Å²) in [5, 5.41) is 4.30. The van der Waals surface area contributed by atoms with Gasteiger partial charge < -0.3 is 10.3 Å². The van der Waals surface area contributed by atoms with Crippen molar-refractivity contribution in [1.29, 1.82) is 0 Å². The molecule has 5 nitrogen and oxygen atoms in total. The topological polar surface area (TPSA) is 61.7 Å². The van der Waals surface area contributed by atoms with Crippen molar-refractivity contribution in [3.05, 3.63) is 30.1 Å². The Bertz CT molecular complexity index is 455. The minimum Gasteiger partial charge on any atom is -0.396 e. The number of hydrogen-bond donors (Lipinski definition) is 1. The van der Waals surface area contributed by atoms with E-state index in [2.05, 4.69) is 14.6 Å². The maximum absolute atomic E-state index is 5.96. The number of hydrogen-bond acceptors (Lipinski definition) is 3. The van der Waals surface area contributed by atoms with E-state index in [0.717, 1.165) is 36.5 Å². The summed E-state index contributed by atoms with van der Waals surface area (Å²) in [6, 6.07) is 0. The van der Waals surface area contributed by atoms with Crippen LogP contribution in [0.3, 0.4) is 0 Å². The van der Waals surface area contributed by atoms with Gasteiger partial charge in [-0.25, -0.2) is 4.98 Å². The number of rotatable bonds is 4. The van der Waals surface area contributed by atoms with Gasteiger partial charge in [0.05, 0.1) is 23.4 Å². The second kappa shape index (κ2) is 4.38. The molecule has 0 fully saturated rings. The molecule has 2 N–H and O–H groups in total. The van der Waals surface area contributed by atoms with Crippen molar-refractivity contribution in [1.82, 2.24) is 19.3 Å². The Morgan fingerprint density at radius 1 is 1.44 bits per heavy atom. The van der Waals surface area contributed by atoms with E-state index in [1.165, 1.54) is 0 Å². The molecule has 2 aromatic rings. The third-order valence-electron chi connectivity index (χ3n) is 2.78. The number of anilines is 1. The zero-order valence-electron chi connectivity index (χ0n) is 9.72. The molecular formula is C11H17N5. The van der Waals surface area contributed by atoms with Crippen LogP contribution >= 0.6 is 0 Å². The first kappa shape index (κ1) is 10.7. The van der Waals surface area contributed by atoms with E-state index >= 15 is 0 Å². The van der Waals surface area contributed by atoms with Gasteiger partial charge in [-0.05, 0) is 19.8 Å². The van der Waals surface area contributed by atoms with Crippen LogP contribution < -0.4 is 5.73 Å². The Morgan fingerprint density at radius 3 is 2.81 bits per heavy atom. The van der Waals surface area contributed by atoms with Crippen LogP contribution in [0.15, 0.2) is 18.7 Å². The van der Waals surface area contributed by atoms with Crippen LogP contribution in [-0.4, -0.2) is 19.3 Å². The Kier molecular flexibility index (Phi) is 2.94. The molecular weight excluding hydrogens is 202 g/mol. The first-order chi connectivity index (χ1) is 7.68. The second-order valence-corrected chi connectivity index (χ2v) is 3.97. The lowest BCUT2D eigenvalue weighted by Gasteiger charge is -2.04. The number of aryl methyl sites for hydroxylation is 3. The number of imidazole rings is 1. The largest absolute Gasteiger partial charge is 0.396 e. The first-order valence-electron chi connectivity index (χ1n) is 5.42. The fourth-order valence-corrected chi connectivity index (χ4v) is 1.87. The van der Waals surface area contributed by atoms with Crippen molar-refractivity contribution in [2.24, 2.45) is 7.05 Å². The average molecular weight is 219 g/mol. The summed E-state index contributed by atoms with van der Waals surface area (Å²) in [5.74, 6) is 0. The highest BCUT2D eigenvalue weighted by molar-refractivity contribution is 5.47. The number of nitrogens with zero attached hydrogens (tertiary/aromatic N) is 4. The van der Waals surface area contributed by atoms with Crippen molar-refractivity contribution in [3.63, 3.8) is 0 Å². The number of nitrogen functional groups attached to an aromatic ring is 1. The maximum Gasteiger partial charge on any atom is 0.0945 e. The van der Waals surface area contributed by atoms with Gasteiger partial charge in [-0.3, -0.25) is 4.68 Å². The zero-order chi connectivity index (χ0) is 11.5. The molecule has 0 radical (unpaired) electrons. The van der Waals surface area contributed by atoms with Crippen LogP contribution in [0.5, 0.6) is 0 Å². The maximum atomic E-state index is 5.96. The van der Waals surface area contributed by atoms with E-state index in [-0.39, 0.29) is 0 Å². The van der Waals surface area contributed by atoms with Crippen molar-refractivity contribution in [2.75, 3.05) is 5.73 Å². The fourth-order valence-electron chi connectivity index (χ4n) is 1.87. The van der Waals surface area contributed by atoms with E-state index in [1.807, 2.05) is 31.2 Å². The van der Waals surface area contributed by atoms with Gasteiger partial charge in [0, 0.05) is 26.0 Å². The molecule has 0 aliphatic rings. The third kappa shape index (κ3) is 2.08. The zero-order valence-corrected chi connectivity index (χ0v) is 9.72. The normalized spacial score (nSPS) is 10.9. The smallest absolute Gasteiger partial charge is 0.0945 e. The van der Waals surface area contributed by atoms with E-state index in [1.54, 1.807) is 6.20 Å². The highest BCUT2D eigenvalue weighted by atomic mass is 15.3. The van der Waals surface area contributed by atoms with Gasteiger partial charge in [-0.15, -0.1) is 0 Å². The monoisotopic (exact) mass is 219 g/mol. The summed E-state index contributed by atoms with van der Waals surface area (Å²) in [6.45, 7) is 2.90. The van der Waals surface area contributed by atoms with E-state index < -0.39 is 0 Å². The summed E-state index contributed by atoms with van der Waals surface area (Å²) < 4.78 is 3.94. The number of aromatic nitrogens is 4. The van der Waals surface area contributed by atoms with Crippen LogP contribution in [-0.2, 0) is 20.0 Å². The molecule has 2 heterocycles. The van der Waals surface area contributed by atoms with Crippen molar-refractivity contribution < 1.29 is 0 Å². The molecule has 0 unspecified atom stereocenters. The SMILES string of the molecule is Cc1nn(C)c(CCCn2ccnc2)c1N. The predicted octanol–water partition coefficient (Wildman–Crippen LogP) is 1.14. The minimum atomic E-state index is 0.827. The van der Waals surface area contributed by atoms with Gasteiger partial charge in [0.1, 0.15) is 0 Å². The van der Waals surface area contributed by atoms with Crippen molar-refractivity contribution >= 4 is 5.69 Å². The quantitative estimate of drug-likeness (QED) is 0.838. The van der Waals surface area contributed by atoms with E-state index in [9.17, 15) is 0 Å². The molecule has 0 amide bonds. The molecule has 2 rings (SSSR count). The lowest BCUT2D eigenvalue weighted by Crippen LogP contribution is -2.03. The van der Waals surface area contributed by atoms with Gasteiger partial charge in [0.2, 0.25) is 0 Å². The number of nitrogens with two attached hydrogens (primary N) is 1. The lowest BCUT2D eigenvalue weighted by molar-refractivity contribution is 0.611. The predicted molar refractivity (Wildman–Crippen MR) is 62.9 cm³/mol. The molecule has 0 aliphatic carbocycles. The lowest BCUT2D eigenvalue weighted by atomic mass is 10.2. The van der Waals surface area contributed by atoms with Crippen LogP contribution in [0.25, 0.3) is 0 Å². The highest BCUT2D eigenvalue weighted by Crippen LogP contribution is 2.16.